The van der Waals surface area contributed by atoms with Crippen LogP contribution in [0.3, 0.4) is 0 Å². The van der Waals surface area contributed by atoms with Gasteiger partial charge >= 0.3 is 0 Å². The number of benzene rings is 3. The quantitative estimate of drug-likeness (QED) is 0.737. The number of amides is 1. The van der Waals surface area contributed by atoms with Gasteiger partial charge in [0.1, 0.15) is 0 Å². The fourth-order valence-corrected chi connectivity index (χ4v) is 3.86. The molecule has 3 aromatic carbocycles. The molecule has 4 heteroatoms. The van der Waals surface area contributed by atoms with Crippen LogP contribution in [0.4, 0.5) is 5.69 Å². The highest BCUT2D eigenvalue weighted by Gasteiger charge is 2.19. The van der Waals surface area contributed by atoms with Crippen LogP contribution >= 0.6 is 0 Å². The summed E-state index contributed by atoms with van der Waals surface area (Å²) in [5.74, 6) is 0.0590. The molecule has 0 bridgehead atoms. The summed E-state index contributed by atoms with van der Waals surface area (Å²) in [4.78, 5) is 17.3. The number of piperazine rings is 1. The van der Waals surface area contributed by atoms with Crippen LogP contribution in [0.2, 0.25) is 0 Å². The third-order valence-corrected chi connectivity index (χ3v) is 5.55. The van der Waals surface area contributed by atoms with E-state index in [4.69, 9.17) is 0 Å². The molecule has 0 aliphatic carbocycles. The lowest BCUT2D eigenvalue weighted by molar-refractivity contribution is -0.117. The summed E-state index contributed by atoms with van der Waals surface area (Å²) in [6.07, 6.45) is 0. The second kappa shape index (κ2) is 8.55. The zero-order chi connectivity index (χ0) is 19.3. The summed E-state index contributed by atoms with van der Waals surface area (Å²) in [5.41, 5.74) is 3.63. The molecule has 0 atom stereocenters. The maximum Gasteiger partial charge on any atom is 0.238 e. The number of nitrogens with one attached hydrogen (secondary N) is 1. The minimum Gasteiger partial charge on any atom is -0.324 e. The second-order valence-corrected chi connectivity index (χ2v) is 7.55. The molecular formula is C24H27N3O. The lowest BCUT2D eigenvalue weighted by Crippen LogP contribution is -2.48. The molecule has 0 aromatic heterocycles. The van der Waals surface area contributed by atoms with Gasteiger partial charge in [0.2, 0.25) is 5.91 Å². The van der Waals surface area contributed by atoms with E-state index in [1.54, 1.807) is 0 Å². The van der Waals surface area contributed by atoms with E-state index < -0.39 is 0 Å². The zero-order valence-electron chi connectivity index (χ0n) is 16.4. The van der Waals surface area contributed by atoms with Crippen molar-refractivity contribution in [1.82, 2.24) is 9.80 Å². The van der Waals surface area contributed by atoms with Gasteiger partial charge < -0.3 is 5.32 Å². The van der Waals surface area contributed by atoms with Crippen molar-refractivity contribution in [2.75, 3.05) is 38.0 Å². The summed E-state index contributed by atoms with van der Waals surface area (Å²) in [6.45, 7) is 7.45. The van der Waals surface area contributed by atoms with E-state index >= 15 is 0 Å². The van der Waals surface area contributed by atoms with E-state index in [0.29, 0.717) is 6.54 Å². The van der Waals surface area contributed by atoms with Crippen LogP contribution in [0, 0.1) is 6.92 Å². The van der Waals surface area contributed by atoms with Gasteiger partial charge in [-0.25, -0.2) is 0 Å². The molecule has 1 fully saturated rings. The van der Waals surface area contributed by atoms with E-state index in [-0.39, 0.29) is 5.91 Å². The van der Waals surface area contributed by atoms with Gasteiger partial charge in [0.15, 0.2) is 0 Å². The number of aryl methyl sites for hydroxylation is 1. The molecule has 144 valence electrons. The van der Waals surface area contributed by atoms with E-state index in [1.807, 2.05) is 24.3 Å². The highest BCUT2D eigenvalue weighted by molar-refractivity contribution is 6.02. The molecule has 1 N–H and O–H groups in total. The first-order chi connectivity index (χ1) is 13.7. The molecule has 0 spiro atoms. The first-order valence-corrected chi connectivity index (χ1v) is 9.96. The van der Waals surface area contributed by atoms with Crippen LogP contribution < -0.4 is 5.32 Å². The van der Waals surface area contributed by atoms with Crippen molar-refractivity contribution in [3.8, 4) is 0 Å². The number of carbonyl (C=O) groups is 1. The SMILES string of the molecule is Cc1ccccc1CN1CCN(CC(=O)Nc2cccc3ccccc23)CC1. The molecule has 1 aliphatic heterocycles. The molecule has 3 aromatic rings. The van der Waals surface area contributed by atoms with Gasteiger partial charge in [-0.1, -0.05) is 60.7 Å². The van der Waals surface area contributed by atoms with Crippen molar-refractivity contribution in [3.63, 3.8) is 0 Å². The van der Waals surface area contributed by atoms with E-state index in [0.717, 1.165) is 49.2 Å². The van der Waals surface area contributed by atoms with Crippen molar-refractivity contribution < 1.29 is 4.79 Å². The average molecular weight is 374 g/mol. The standard InChI is InChI=1S/C24H27N3O/c1-19-7-2-3-9-21(19)17-26-13-15-27(16-14-26)18-24(28)25-23-12-6-10-20-8-4-5-11-22(20)23/h2-12H,13-18H2,1H3,(H,25,28). The van der Waals surface area contributed by atoms with Crippen LogP contribution in [0.15, 0.2) is 66.7 Å². The maximum absolute atomic E-state index is 12.6. The van der Waals surface area contributed by atoms with Crippen LogP contribution in [0.1, 0.15) is 11.1 Å². The molecule has 1 aliphatic rings. The Balaban J connectivity index is 1.30. The zero-order valence-corrected chi connectivity index (χ0v) is 16.4. The number of hydrogen-bond acceptors (Lipinski definition) is 3. The first-order valence-electron chi connectivity index (χ1n) is 9.96. The summed E-state index contributed by atoms with van der Waals surface area (Å²) < 4.78 is 0. The van der Waals surface area contributed by atoms with Crippen molar-refractivity contribution >= 4 is 22.4 Å². The molecule has 1 amide bonds. The van der Waals surface area contributed by atoms with Gasteiger partial charge in [-0.15, -0.1) is 0 Å². The van der Waals surface area contributed by atoms with Gasteiger partial charge in [-0.3, -0.25) is 14.6 Å². The highest BCUT2D eigenvalue weighted by atomic mass is 16.2. The van der Waals surface area contributed by atoms with Crippen LogP contribution in [0.5, 0.6) is 0 Å². The Morgan fingerprint density at radius 2 is 1.54 bits per heavy atom. The average Bonchev–Trinajstić information content (AvgIpc) is 2.71. The van der Waals surface area contributed by atoms with Crippen molar-refractivity contribution in [3.05, 3.63) is 77.9 Å². The van der Waals surface area contributed by atoms with Gasteiger partial charge in [0, 0.05) is 43.8 Å². The number of carbonyl (C=O) groups excluding carboxylic acids is 1. The Kier molecular flexibility index (Phi) is 5.70. The van der Waals surface area contributed by atoms with E-state index in [1.165, 1.54) is 11.1 Å². The van der Waals surface area contributed by atoms with E-state index in [9.17, 15) is 4.79 Å². The van der Waals surface area contributed by atoms with Gasteiger partial charge in [0.25, 0.3) is 0 Å². The van der Waals surface area contributed by atoms with Gasteiger partial charge in [0.05, 0.1) is 6.54 Å². The second-order valence-electron chi connectivity index (χ2n) is 7.55. The molecule has 0 radical (unpaired) electrons. The molecule has 4 rings (SSSR count). The maximum atomic E-state index is 12.6. The Morgan fingerprint density at radius 3 is 2.36 bits per heavy atom. The van der Waals surface area contributed by atoms with Crippen molar-refractivity contribution in [2.24, 2.45) is 0 Å². The largest absolute Gasteiger partial charge is 0.324 e. The van der Waals surface area contributed by atoms with Crippen LogP contribution in [0.25, 0.3) is 10.8 Å². The lowest BCUT2D eigenvalue weighted by Gasteiger charge is -2.34. The molecule has 28 heavy (non-hydrogen) atoms. The number of nitrogens with zero attached hydrogens (tertiary/aromatic N) is 2. The van der Waals surface area contributed by atoms with Gasteiger partial charge in [-0.05, 0) is 29.5 Å². The van der Waals surface area contributed by atoms with Crippen LogP contribution in [-0.2, 0) is 11.3 Å². The number of rotatable bonds is 5. The fraction of sp³-hybridized carbons (Fsp3) is 0.292. The third-order valence-electron chi connectivity index (χ3n) is 5.55. The molecule has 1 saturated heterocycles. The summed E-state index contributed by atoms with van der Waals surface area (Å²) in [5, 5.41) is 5.32. The normalized spacial score (nSPS) is 15.6. The van der Waals surface area contributed by atoms with Gasteiger partial charge in [-0.2, -0.15) is 0 Å². The predicted octanol–water partition coefficient (Wildman–Crippen LogP) is 3.90. The number of anilines is 1. The monoisotopic (exact) mass is 373 g/mol. The van der Waals surface area contributed by atoms with E-state index in [2.05, 4.69) is 64.5 Å². The Morgan fingerprint density at radius 1 is 0.857 bits per heavy atom. The number of fused-ring (bicyclic) bond motifs is 1. The number of hydrogen-bond donors (Lipinski definition) is 1. The Bertz CT molecular complexity index is 955. The lowest BCUT2D eigenvalue weighted by atomic mass is 10.1. The minimum absolute atomic E-state index is 0.0590. The van der Waals surface area contributed by atoms with Crippen molar-refractivity contribution in [2.45, 2.75) is 13.5 Å². The predicted molar refractivity (Wildman–Crippen MR) is 115 cm³/mol. The summed E-state index contributed by atoms with van der Waals surface area (Å²) in [6, 6.07) is 22.7. The smallest absolute Gasteiger partial charge is 0.238 e. The Labute approximate surface area is 166 Å². The highest BCUT2D eigenvalue weighted by Crippen LogP contribution is 2.23. The third kappa shape index (κ3) is 4.41. The minimum atomic E-state index is 0.0590. The molecule has 0 unspecified atom stereocenters. The molecule has 1 heterocycles. The summed E-state index contributed by atoms with van der Waals surface area (Å²) >= 11 is 0. The van der Waals surface area contributed by atoms with Crippen molar-refractivity contribution in [1.29, 1.82) is 0 Å². The van der Waals surface area contributed by atoms with Crippen LogP contribution in [-0.4, -0.2) is 48.4 Å². The molecule has 0 saturated carbocycles. The first kappa shape index (κ1) is 18.7. The summed E-state index contributed by atoms with van der Waals surface area (Å²) in [7, 11) is 0. The Hall–Kier alpha value is -2.69. The molecule has 4 nitrogen and oxygen atoms in total. The fourth-order valence-electron chi connectivity index (χ4n) is 3.86. The molecular weight excluding hydrogens is 346 g/mol. The topological polar surface area (TPSA) is 35.6 Å².